The highest BCUT2D eigenvalue weighted by molar-refractivity contribution is 5.85. The number of anilines is 1. The van der Waals surface area contributed by atoms with E-state index in [0.29, 0.717) is 11.9 Å². The van der Waals surface area contributed by atoms with E-state index < -0.39 is 0 Å². The van der Waals surface area contributed by atoms with Crippen molar-refractivity contribution in [3.8, 4) is 0 Å². The van der Waals surface area contributed by atoms with Crippen molar-refractivity contribution in [2.24, 2.45) is 5.41 Å². The van der Waals surface area contributed by atoms with Gasteiger partial charge in [-0.25, -0.2) is 4.98 Å². The lowest BCUT2D eigenvalue weighted by Crippen LogP contribution is -2.54. The first kappa shape index (κ1) is 16.7. The average molecular weight is 362 g/mol. The zero-order valence-corrected chi connectivity index (χ0v) is 15.6. The van der Waals surface area contributed by atoms with E-state index in [1.807, 2.05) is 12.3 Å². The van der Waals surface area contributed by atoms with Crippen LogP contribution in [0.2, 0.25) is 0 Å². The predicted molar refractivity (Wildman–Crippen MR) is 104 cm³/mol. The smallest absolute Gasteiger partial charge is 0.230 e. The zero-order chi connectivity index (χ0) is 18.3. The zero-order valence-electron chi connectivity index (χ0n) is 15.6. The van der Waals surface area contributed by atoms with Gasteiger partial charge in [-0.3, -0.25) is 9.78 Å². The normalized spacial score (nSPS) is 25.0. The van der Waals surface area contributed by atoms with Gasteiger partial charge in [0.2, 0.25) is 5.91 Å². The standard InChI is InChI=1S/C22H26N4O/c27-21-19(17-4-2-1-3-5-17)14-22(16-26(21)18-6-7-18)8-12-25(13-9-22)20-15-23-10-11-24-20/h1-5,10-11,15,18-19H,6-9,12-14,16H2. The Morgan fingerprint density at radius 1 is 1.04 bits per heavy atom. The van der Waals surface area contributed by atoms with Crippen LogP contribution in [0.1, 0.15) is 43.6 Å². The first-order chi connectivity index (χ1) is 13.2. The van der Waals surface area contributed by atoms with Crippen molar-refractivity contribution in [3.63, 3.8) is 0 Å². The van der Waals surface area contributed by atoms with Crippen LogP contribution in [-0.4, -0.2) is 46.5 Å². The van der Waals surface area contributed by atoms with Crippen LogP contribution in [0.25, 0.3) is 0 Å². The third kappa shape index (κ3) is 3.20. The molecule has 0 bridgehead atoms. The molecule has 2 saturated heterocycles. The molecule has 3 fully saturated rings. The lowest BCUT2D eigenvalue weighted by atomic mass is 9.67. The van der Waals surface area contributed by atoms with E-state index in [0.717, 1.165) is 44.7 Å². The summed E-state index contributed by atoms with van der Waals surface area (Å²) in [7, 11) is 0. The highest BCUT2D eigenvalue weighted by Crippen LogP contribution is 2.48. The summed E-state index contributed by atoms with van der Waals surface area (Å²) in [6.07, 6.45) is 10.9. The van der Waals surface area contributed by atoms with E-state index in [-0.39, 0.29) is 11.3 Å². The number of likely N-dealkylation sites (tertiary alicyclic amines) is 1. The summed E-state index contributed by atoms with van der Waals surface area (Å²) in [6.45, 7) is 2.92. The number of aromatic nitrogens is 2. The maximum atomic E-state index is 13.2. The maximum absolute atomic E-state index is 13.2. The summed E-state index contributed by atoms with van der Waals surface area (Å²) < 4.78 is 0. The maximum Gasteiger partial charge on any atom is 0.230 e. The van der Waals surface area contributed by atoms with Crippen LogP contribution >= 0.6 is 0 Å². The number of piperidine rings is 2. The topological polar surface area (TPSA) is 49.3 Å². The number of hydrogen-bond donors (Lipinski definition) is 0. The number of carbonyl (C=O) groups excluding carboxylic acids is 1. The molecule has 1 saturated carbocycles. The van der Waals surface area contributed by atoms with Crippen molar-refractivity contribution in [1.29, 1.82) is 0 Å². The molecule has 3 heterocycles. The van der Waals surface area contributed by atoms with Crippen molar-refractivity contribution in [3.05, 3.63) is 54.5 Å². The Balaban J connectivity index is 1.38. The summed E-state index contributed by atoms with van der Waals surface area (Å²) in [6, 6.07) is 10.9. The molecule has 0 N–H and O–H groups in total. The number of amides is 1. The van der Waals surface area contributed by atoms with Crippen molar-refractivity contribution in [1.82, 2.24) is 14.9 Å². The average Bonchev–Trinajstić information content (AvgIpc) is 3.57. The molecule has 2 aromatic rings. The van der Waals surface area contributed by atoms with E-state index in [9.17, 15) is 4.79 Å². The molecule has 1 spiro atoms. The van der Waals surface area contributed by atoms with Crippen molar-refractivity contribution < 1.29 is 4.79 Å². The quantitative estimate of drug-likeness (QED) is 0.841. The Hall–Kier alpha value is -2.43. The lowest BCUT2D eigenvalue weighted by molar-refractivity contribution is -0.141. The molecule has 1 aromatic carbocycles. The minimum absolute atomic E-state index is 0.0172. The molecule has 1 atom stereocenters. The molecule has 2 aliphatic heterocycles. The molecular formula is C22H26N4O. The predicted octanol–water partition coefficient (Wildman–Crippen LogP) is 3.24. The Morgan fingerprint density at radius 3 is 2.48 bits per heavy atom. The lowest BCUT2D eigenvalue weighted by Gasteiger charge is -2.50. The van der Waals surface area contributed by atoms with Gasteiger partial charge in [0.25, 0.3) is 0 Å². The van der Waals surface area contributed by atoms with E-state index in [1.54, 1.807) is 12.4 Å². The van der Waals surface area contributed by atoms with Gasteiger partial charge in [0.15, 0.2) is 0 Å². The second-order valence-electron chi connectivity index (χ2n) is 8.42. The van der Waals surface area contributed by atoms with E-state index in [1.165, 1.54) is 18.4 Å². The van der Waals surface area contributed by atoms with Crippen LogP contribution in [0.5, 0.6) is 0 Å². The number of benzene rings is 1. The van der Waals surface area contributed by atoms with Gasteiger partial charge in [-0.2, -0.15) is 0 Å². The van der Waals surface area contributed by atoms with Gasteiger partial charge < -0.3 is 9.80 Å². The first-order valence-electron chi connectivity index (χ1n) is 10.1. The number of carbonyl (C=O) groups is 1. The Bertz CT molecular complexity index is 798. The Labute approximate surface area is 160 Å². The molecule has 3 aliphatic rings. The van der Waals surface area contributed by atoms with Crippen LogP contribution < -0.4 is 4.90 Å². The highest BCUT2D eigenvalue weighted by Gasteiger charge is 2.49. The summed E-state index contributed by atoms with van der Waals surface area (Å²) in [5.74, 6) is 1.34. The van der Waals surface area contributed by atoms with E-state index in [4.69, 9.17) is 0 Å². The Morgan fingerprint density at radius 2 is 1.81 bits per heavy atom. The molecule has 27 heavy (non-hydrogen) atoms. The molecule has 0 radical (unpaired) electrons. The van der Waals surface area contributed by atoms with Gasteiger partial charge in [0.05, 0.1) is 12.1 Å². The number of hydrogen-bond acceptors (Lipinski definition) is 4. The van der Waals surface area contributed by atoms with Crippen LogP contribution in [0.3, 0.4) is 0 Å². The van der Waals surface area contributed by atoms with Gasteiger partial charge in [-0.05, 0) is 43.1 Å². The van der Waals surface area contributed by atoms with Gasteiger partial charge in [-0.15, -0.1) is 0 Å². The molecule has 1 amide bonds. The summed E-state index contributed by atoms with van der Waals surface area (Å²) in [5, 5.41) is 0. The Kier molecular flexibility index (Phi) is 4.10. The molecule has 5 rings (SSSR count). The van der Waals surface area contributed by atoms with Crippen LogP contribution in [0.15, 0.2) is 48.9 Å². The van der Waals surface area contributed by atoms with Gasteiger partial charge in [0, 0.05) is 38.1 Å². The second kappa shape index (κ2) is 6.63. The number of rotatable bonds is 3. The SMILES string of the molecule is O=C1C(c2ccccc2)CC2(CCN(c3cnccn3)CC2)CN1C1CC1. The molecule has 5 heteroatoms. The largest absolute Gasteiger partial charge is 0.355 e. The van der Waals surface area contributed by atoms with Crippen LogP contribution in [0, 0.1) is 5.41 Å². The van der Waals surface area contributed by atoms with Crippen molar-refractivity contribution in [2.75, 3.05) is 24.5 Å². The van der Waals surface area contributed by atoms with Crippen LogP contribution in [-0.2, 0) is 4.79 Å². The van der Waals surface area contributed by atoms with E-state index in [2.05, 4.69) is 44.0 Å². The van der Waals surface area contributed by atoms with Crippen LogP contribution in [0.4, 0.5) is 5.82 Å². The van der Waals surface area contributed by atoms with Crippen molar-refractivity contribution >= 4 is 11.7 Å². The third-order valence-corrected chi connectivity index (χ3v) is 6.61. The first-order valence-corrected chi connectivity index (χ1v) is 10.1. The highest BCUT2D eigenvalue weighted by atomic mass is 16.2. The van der Waals surface area contributed by atoms with Gasteiger partial charge >= 0.3 is 0 Å². The molecular weight excluding hydrogens is 336 g/mol. The van der Waals surface area contributed by atoms with Crippen molar-refractivity contribution in [2.45, 2.75) is 44.1 Å². The summed E-state index contributed by atoms with van der Waals surface area (Å²) in [5.41, 5.74) is 1.42. The summed E-state index contributed by atoms with van der Waals surface area (Å²) in [4.78, 5) is 26.5. The molecule has 5 nitrogen and oxygen atoms in total. The fourth-order valence-corrected chi connectivity index (χ4v) is 4.89. The molecule has 1 aliphatic carbocycles. The molecule has 1 unspecified atom stereocenters. The van der Waals surface area contributed by atoms with Gasteiger partial charge in [0.1, 0.15) is 5.82 Å². The molecule has 1 aromatic heterocycles. The minimum atomic E-state index is 0.0172. The minimum Gasteiger partial charge on any atom is -0.355 e. The second-order valence-corrected chi connectivity index (χ2v) is 8.42. The fraction of sp³-hybridized carbons (Fsp3) is 0.500. The van der Waals surface area contributed by atoms with Gasteiger partial charge in [-0.1, -0.05) is 30.3 Å². The van der Waals surface area contributed by atoms with E-state index >= 15 is 0 Å². The third-order valence-electron chi connectivity index (χ3n) is 6.61. The molecule has 140 valence electrons. The summed E-state index contributed by atoms with van der Waals surface area (Å²) >= 11 is 0. The monoisotopic (exact) mass is 362 g/mol. The fourth-order valence-electron chi connectivity index (χ4n) is 4.89. The number of nitrogens with zero attached hydrogens (tertiary/aromatic N) is 4.